The molecule has 0 bridgehead atoms. The van der Waals surface area contributed by atoms with Gasteiger partial charge in [0.15, 0.2) is 18.2 Å². The van der Waals surface area contributed by atoms with E-state index in [4.69, 9.17) is 26.2 Å². The van der Waals surface area contributed by atoms with E-state index in [1.807, 2.05) is 19.9 Å². The molecule has 1 amide bonds. The van der Waals surface area contributed by atoms with Crippen molar-refractivity contribution in [2.45, 2.75) is 32.9 Å². The number of carboxylic acid groups (broad SMARTS) is 1. The average molecular weight is 520 g/mol. The Morgan fingerprint density at radius 3 is 2.64 bits per heavy atom. The van der Waals surface area contributed by atoms with Gasteiger partial charge in [0.2, 0.25) is 0 Å². The first kappa shape index (κ1) is 25.4. The lowest BCUT2D eigenvalue weighted by molar-refractivity contribution is -0.139. The first-order valence-electron chi connectivity index (χ1n) is 11.2. The van der Waals surface area contributed by atoms with E-state index >= 15 is 0 Å². The maximum atomic E-state index is 14.7. The number of hydrogen-bond acceptors (Lipinski definition) is 5. The predicted octanol–water partition coefficient (Wildman–Crippen LogP) is 4.68. The van der Waals surface area contributed by atoms with Crippen LogP contribution in [0.3, 0.4) is 0 Å². The smallest absolute Gasteiger partial charge is 0.410 e. The molecule has 190 valence electrons. The molecule has 2 aromatic carbocycles. The number of carboxylic acids is 1. The van der Waals surface area contributed by atoms with Crippen LogP contribution in [0.4, 0.5) is 13.6 Å². The maximum Gasteiger partial charge on any atom is 0.410 e. The van der Waals surface area contributed by atoms with Gasteiger partial charge in [0.1, 0.15) is 12.4 Å². The molecule has 0 saturated heterocycles. The van der Waals surface area contributed by atoms with Crippen LogP contribution < -0.4 is 4.74 Å². The minimum absolute atomic E-state index is 0.0294. The molecule has 0 aliphatic carbocycles. The van der Waals surface area contributed by atoms with E-state index in [9.17, 15) is 18.4 Å². The molecule has 2 heterocycles. The first-order chi connectivity index (χ1) is 17.2. The second kappa shape index (κ2) is 10.5. The molecule has 11 heteroatoms. The van der Waals surface area contributed by atoms with Gasteiger partial charge in [0.05, 0.1) is 18.3 Å². The molecule has 36 heavy (non-hydrogen) atoms. The summed E-state index contributed by atoms with van der Waals surface area (Å²) in [6, 6.07) is 7.83. The van der Waals surface area contributed by atoms with E-state index in [1.54, 1.807) is 4.68 Å². The Hall–Kier alpha value is -3.66. The topological polar surface area (TPSA) is 93.9 Å². The fourth-order valence-corrected chi connectivity index (χ4v) is 4.57. The van der Waals surface area contributed by atoms with E-state index in [1.165, 1.54) is 29.2 Å². The van der Waals surface area contributed by atoms with Crippen molar-refractivity contribution in [2.24, 2.45) is 0 Å². The fraction of sp³-hybridized carbons (Fsp3) is 0.320. The SMILES string of the molecule is Cc1cc(C)n(CCOC(=O)N2CCc3c(ccc(F)c3F)C2c2cc(Cl)ccc2OCC(=O)O)n1. The minimum Gasteiger partial charge on any atom is -0.482 e. The van der Waals surface area contributed by atoms with E-state index in [0.717, 1.165) is 17.5 Å². The summed E-state index contributed by atoms with van der Waals surface area (Å²) in [6.45, 7) is 3.52. The van der Waals surface area contributed by atoms with Crippen molar-refractivity contribution >= 4 is 23.7 Å². The van der Waals surface area contributed by atoms with E-state index in [-0.39, 0.29) is 30.9 Å². The summed E-state index contributed by atoms with van der Waals surface area (Å²) in [7, 11) is 0. The van der Waals surface area contributed by atoms with E-state index < -0.39 is 36.3 Å². The van der Waals surface area contributed by atoms with Gasteiger partial charge in [0, 0.05) is 22.8 Å². The molecule has 0 fully saturated rings. The predicted molar refractivity (Wildman–Crippen MR) is 126 cm³/mol. The van der Waals surface area contributed by atoms with Crippen molar-refractivity contribution in [1.82, 2.24) is 14.7 Å². The molecule has 3 aromatic rings. The third-order valence-electron chi connectivity index (χ3n) is 5.93. The van der Waals surface area contributed by atoms with Crippen molar-refractivity contribution < 1.29 is 33.0 Å². The molecule has 1 aliphatic heterocycles. The van der Waals surface area contributed by atoms with Crippen LogP contribution in [0.2, 0.25) is 5.02 Å². The number of aryl methyl sites for hydroxylation is 2. The zero-order valence-corrected chi connectivity index (χ0v) is 20.4. The minimum atomic E-state index is -1.20. The zero-order chi connectivity index (χ0) is 26.0. The number of carbonyl (C=O) groups excluding carboxylic acids is 1. The van der Waals surface area contributed by atoms with Crippen molar-refractivity contribution in [3.8, 4) is 5.75 Å². The van der Waals surface area contributed by atoms with Crippen LogP contribution in [0, 0.1) is 25.5 Å². The molecular weight excluding hydrogens is 496 g/mol. The Labute approximate surface area is 211 Å². The maximum absolute atomic E-state index is 14.7. The van der Waals surface area contributed by atoms with E-state index in [2.05, 4.69) is 5.10 Å². The van der Waals surface area contributed by atoms with Crippen LogP contribution in [0.15, 0.2) is 36.4 Å². The Balaban J connectivity index is 1.68. The molecule has 1 aromatic heterocycles. The number of aliphatic carboxylic acids is 1. The second-order valence-corrected chi connectivity index (χ2v) is 8.84. The molecule has 0 saturated carbocycles. The Kier molecular flexibility index (Phi) is 7.44. The molecule has 1 unspecified atom stereocenters. The standard InChI is InChI=1S/C25H24ClF2N3O5/c1-14-11-15(2)31(29-14)9-10-35-25(34)30-8-7-17-18(4-5-20(27)23(17)28)24(30)19-12-16(26)3-6-21(19)36-13-22(32)33/h3-6,11-12,24H,7-10,13H2,1-2H3,(H,32,33). The van der Waals surface area contributed by atoms with Gasteiger partial charge in [-0.1, -0.05) is 17.7 Å². The lowest BCUT2D eigenvalue weighted by atomic mass is 9.87. The number of nitrogens with zero attached hydrogens (tertiary/aromatic N) is 3. The summed E-state index contributed by atoms with van der Waals surface area (Å²) in [5.41, 5.74) is 2.54. The van der Waals surface area contributed by atoms with Crippen LogP contribution in [0.1, 0.15) is 34.1 Å². The summed E-state index contributed by atoms with van der Waals surface area (Å²) in [5.74, 6) is -3.05. The number of ether oxygens (including phenoxy) is 2. The summed E-state index contributed by atoms with van der Waals surface area (Å²) < 4.78 is 41.4. The number of amides is 1. The van der Waals surface area contributed by atoms with Gasteiger partial charge in [0.25, 0.3) is 0 Å². The van der Waals surface area contributed by atoms with Crippen molar-refractivity contribution in [3.63, 3.8) is 0 Å². The lowest BCUT2D eigenvalue weighted by Crippen LogP contribution is -2.42. The highest BCUT2D eigenvalue weighted by Crippen LogP contribution is 2.41. The van der Waals surface area contributed by atoms with Gasteiger partial charge < -0.3 is 14.6 Å². The third kappa shape index (κ3) is 5.28. The third-order valence-corrected chi connectivity index (χ3v) is 6.16. The van der Waals surface area contributed by atoms with E-state index in [0.29, 0.717) is 22.7 Å². The van der Waals surface area contributed by atoms with Crippen molar-refractivity contribution in [3.05, 3.63) is 81.1 Å². The Morgan fingerprint density at radius 2 is 1.94 bits per heavy atom. The molecule has 4 rings (SSSR count). The van der Waals surface area contributed by atoms with Crippen LogP contribution in [0.25, 0.3) is 0 Å². The lowest BCUT2D eigenvalue weighted by Gasteiger charge is -2.37. The molecular formula is C25H24ClF2N3O5. The fourth-order valence-electron chi connectivity index (χ4n) is 4.39. The number of benzene rings is 2. The Morgan fingerprint density at radius 1 is 1.17 bits per heavy atom. The average Bonchev–Trinajstić information content (AvgIpc) is 3.16. The number of hydrogen-bond donors (Lipinski definition) is 1. The molecule has 1 N–H and O–H groups in total. The monoisotopic (exact) mass is 519 g/mol. The summed E-state index contributed by atoms with van der Waals surface area (Å²) in [6.07, 6.45) is -0.616. The van der Waals surface area contributed by atoms with Gasteiger partial charge in [-0.3, -0.25) is 9.58 Å². The number of fused-ring (bicyclic) bond motifs is 1. The van der Waals surface area contributed by atoms with Crippen LogP contribution >= 0.6 is 11.6 Å². The Bertz CT molecular complexity index is 1310. The number of carbonyl (C=O) groups is 2. The van der Waals surface area contributed by atoms with Gasteiger partial charge in [-0.05, 0) is 61.7 Å². The normalized spacial score (nSPS) is 14.9. The first-order valence-corrected chi connectivity index (χ1v) is 11.6. The quantitative estimate of drug-likeness (QED) is 0.487. The molecule has 0 spiro atoms. The largest absolute Gasteiger partial charge is 0.482 e. The number of rotatable bonds is 7. The molecule has 8 nitrogen and oxygen atoms in total. The summed E-state index contributed by atoms with van der Waals surface area (Å²) in [5, 5.41) is 13.7. The number of aromatic nitrogens is 2. The van der Waals surface area contributed by atoms with Crippen LogP contribution in [-0.2, 0) is 22.5 Å². The van der Waals surface area contributed by atoms with Crippen molar-refractivity contribution in [2.75, 3.05) is 19.8 Å². The highest BCUT2D eigenvalue weighted by atomic mass is 35.5. The van der Waals surface area contributed by atoms with Crippen LogP contribution in [-0.4, -0.2) is 51.6 Å². The number of halogens is 3. The van der Waals surface area contributed by atoms with Gasteiger partial charge in [-0.2, -0.15) is 5.10 Å². The van der Waals surface area contributed by atoms with Gasteiger partial charge >= 0.3 is 12.1 Å². The second-order valence-electron chi connectivity index (χ2n) is 8.40. The van der Waals surface area contributed by atoms with Crippen molar-refractivity contribution in [1.29, 1.82) is 0 Å². The summed E-state index contributed by atoms with van der Waals surface area (Å²) >= 11 is 6.23. The molecule has 0 radical (unpaired) electrons. The molecule has 1 atom stereocenters. The van der Waals surface area contributed by atoms with Crippen LogP contribution in [0.5, 0.6) is 5.75 Å². The highest BCUT2D eigenvalue weighted by Gasteiger charge is 2.37. The zero-order valence-electron chi connectivity index (χ0n) is 19.6. The van der Waals surface area contributed by atoms with Gasteiger partial charge in [-0.25, -0.2) is 18.4 Å². The molecule has 1 aliphatic rings. The van der Waals surface area contributed by atoms with Gasteiger partial charge in [-0.15, -0.1) is 0 Å². The summed E-state index contributed by atoms with van der Waals surface area (Å²) in [4.78, 5) is 25.7. The highest BCUT2D eigenvalue weighted by molar-refractivity contribution is 6.30.